The van der Waals surface area contributed by atoms with E-state index < -0.39 is 0 Å². The van der Waals surface area contributed by atoms with Gasteiger partial charge in [-0.3, -0.25) is 4.99 Å². The topological polar surface area (TPSA) is 43.3 Å². The Morgan fingerprint density at radius 3 is 2.37 bits per heavy atom. The monoisotopic (exact) mass is 489 g/mol. The highest BCUT2D eigenvalue weighted by Gasteiger charge is 2.20. The largest absolute Gasteiger partial charge is 0.497 e. The van der Waals surface area contributed by atoms with Crippen molar-refractivity contribution in [3.8, 4) is 5.75 Å². The molecule has 1 unspecified atom stereocenters. The summed E-state index contributed by atoms with van der Waals surface area (Å²) < 4.78 is 5.24. The number of anilines is 1. The highest BCUT2D eigenvalue weighted by molar-refractivity contribution is 14.0. The van der Waals surface area contributed by atoms with E-state index in [1.165, 1.54) is 12.1 Å². The molecule has 0 aliphatic carbocycles. The van der Waals surface area contributed by atoms with Gasteiger partial charge in [0.05, 0.1) is 7.11 Å². The van der Waals surface area contributed by atoms with E-state index in [9.17, 15) is 0 Å². The summed E-state index contributed by atoms with van der Waals surface area (Å²) in [5.41, 5.74) is 1.25. The Kier molecular flexibility index (Phi) is 10.8. The van der Waals surface area contributed by atoms with E-state index in [2.05, 4.69) is 58.0 Å². The zero-order valence-corrected chi connectivity index (χ0v) is 19.8. The lowest BCUT2D eigenvalue weighted by Gasteiger charge is -2.38. The number of guanidine groups is 1. The molecule has 0 amide bonds. The minimum atomic E-state index is 0. The van der Waals surface area contributed by atoms with Crippen molar-refractivity contribution in [2.75, 3.05) is 65.4 Å². The van der Waals surface area contributed by atoms with Gasteiger partial charge in [0.15, 0.2) is 5.96 Å². The van der Waals surface area contributed by atoms with E-state index in [0.717, 1.165) is 51.0 Å². The van der Waals surface area contributed by atoms with Gasteiger partial charge in [0, 0.05) is 58.0 Å². The number of likely N-dealkylation sites (N-methyl/N-ethyl adjacent to an activating group) is 1. The number of nitrogens with zero attached hydrogens (tertiary/aromatic N) is 4. The van der Waals surface area contributed by atoms with Gasteiger partial charge in [0.1, 0.15) is 5.75 Å². The van der Waals surface area contributed by atoms with Crippen LogP contribution in [0.4, 0.5) is 5.69 Å². The number of methoxy groups -OCH3 is 1. The van der Waals surface area contributed by atoms with Crippen LogP contribution in [0.3, 0.4) is 0 Å². The molecule has 27 heavy (non-hydrogen) atoms. The smallest absolute Gasteiger partial charge is 0.193 e. The van der Waals surface area contributed by atoms with Crippen LogP contribution >= 0.6 is 24.0 Å². The second-order valence-corrected chi connectivity index (χ2v) is 6.88. The molecule has 1 aliphatic rings. The molecule has 1 aromatic carbocycles. The van der Waals surface area contributed by atoms with Crippen LogP contribution < -0.4 is 15.0 Å². The van der Waals surface area contributed by atoms with Crippen molar-refractivity contribution in [1.82, 2.24) is 15.1 Å². The molecule has 0 radical (unpaired) electrons. The zero-order valence-electron chi connectivity index (χ0n) is 17.4. The summed E-state index contributed by atoms with van der Waals surface area (Å²) in [4.78, 5) is 11.6. The first kappa shape index (κ1) is 23.8. The molecule has 7 heteroatoms. The number of aliphatic imine (C=N–C) groups is 1. The first-order valence-corrected chi connectivity index (χ1v) is 9.63. The summed E-state index contributed by atoms with van der Waals surface area (Å²) in [6.07, 6.45) is 1.18. The first-order chi connectivity index (χ1) is 12.6. The lowest BCUT2D eigenvalue weighted by atomic mass is 10.2. The third-order valence-electron chi connectivity index (χ3n) is 5.32. The predicted molar refractivity (Wildman–Crippen MR) is 126 cm³/mol. The molecule has 1 saturated heterocycles. The number of nitrogens with one attached hydrogen (secondary N) is 1. The van der Waals surface area contributed by atoms with E-state index >= 15 is 0 Å². The van der Waals surface area contributed by atoms with E-state index in [0.29, 0.717) is 6.04 Å². The predicted octanol–water partition coefficient (Wildman–Crippen LogP) is 2.74. The van der Waals surface area contributed by atoms with Gasteiger partial charge in [-0.25, -0.2) is 0 Å². The molecule has 6 nitrogen and oxygen atoms in total. The molecule has 1 N–H and O–H groups in total. The molecule has 1 atom stereocenters. The van der Waals surface area contributed by atoms with Crippen molar-refractivity contribution in [1.29, 1.82) is 0 Å². The number of rotatable bonds is 7. The third-order valence-corrected chi connectivity index (χ3v) is 5.32. The van der Waals surface area contributed by atoms with Gasteiger partial charge in [-0.15, -0.1) is 24.0 Å². The third kappa shape index (κ3) is 7.03. The Labute approximate surface area is 182 Å². The van der Waals surface area contributed by atoms with Crippen LogP contribution in [0, 0.1) is 0 Å². The van der Waals surface area contributed by atoms with E-state index in [1.54, 1.807) is 7.11 Å². The normalized spacial score (nSPS) is 16.1. The number of benzene rings is 1. The van der Waals surface area contributed by atoms with Gasteiger partial charge >= 0.3 is 0 Å². The fourth-order valence-electron chi connectivity index (χ4n) is 3.18. The zero-order chi connectivity index (χ0) is 18.9. The SMILES string of the molecule is CCC(C)N(C)CCNC(=NC)N1CCN(c2ccc(OC)cc2)CC1.I. The maximum absolute atomic E-state index is 5.24. The molecule has 0 spiro atoms. The quantitative estimate of drug-likeness (QED) is 0.363. The Morgan fingerprint density at radius 1 is 1.22 bits per heavy atom. The van der Waals surface area contributed by atoms with E-state index in [4.69, 9.17) is 4.74 Å². The van der Waals surface area contributed by atoms with Crippen molar-refractivity contribution in [3.05, 3.63) is 24.3 Å². The Balaban J connectivity index is 0.00000364. The average molecular weight is 489 g/mol. The molecule has 0 bridgehead atoms. The summed E-state index contributed by atoms with van der Waals surface area (Å²) >= 11 is 0. The van der Waals surface area contributed by atoms with Gasteiger partial charge in [-0.2, -0.15) is 0 Å². The molecular formula is C20H36IN5O. The summed E-state index contributed by atoms with van der Waals surface area (Å²) in [6, 6.07) is 8.93. The van der Waals surface area contributed by atoms with Crippen LogP contribution in [0.2, 0.25) is 0 Å². The Bertz CT molecular complexity index is 558. The second kappa shape index (κ2) is 12.3. The Morgan fingerprint density at radius 2 is 1.85 bits per heavy atom. The number of hydrogen-bond acceptors (Lipinski definition) is 4. The van der Waals surface area contributed by atoms with Crippen molar-refractivity contribution >= 4 is 35.6 Å². The minimum Gasteiger partial charge on any atom is -0.497 e. The molecule has 2 rings (SSSR count). The van der Waals surface area contributed by atoms with Crippen molar-refractivity contribution in [2.24, 2.45) is 4.99 Å². The molecule has 1 aromatic rings. The number of ether oxygens (including phenoxy) is 1. The standard InChI is InChI=1S/C20H35N5O.HI/c1-6-17(2)23(4)12-11-22-20(21-3)25-15-13-24(14-16-25)18-7-9-19(26-5)10-8-18;/h7-10,17H,6,11-16H2,1-5H3,(H,21,22);1H. The van der Waals surface area contributed by atoms with Crippen LogP contribution in [-0.4, -0.2) is 82.3 Å². The lowest BCUT2D eigenvalue weighted by molar-refractivity contribution is 0.254. The Hall–Kier alpha value is -1.22. The number of hydrogen-bond donors (Lipinski definition) is 1. The summed E-state index contributed by atoms with van der Waals surface area (Å²) in [6.45, 7) is 10.4. The molecule has 1 fully saturated rings. The summed E-state index contributed by atoms with van der Waals surface area (Å²) in [7, 11) is 5.76. The lowest BCUT2D eigenvalue weighted by Crippen LogP contribution is -2.53. The average Bonchev–Trinajstić information content (AvgIpc) is 2.70. The minimum absolute atomic E-state index is 0. The van der Waals surface area contributed by atoms with Gasteiger partial charge < -0.3 is 24.8 Å². The molecule has 1 aliphatic heterocycles. The van der Waals surface area contributed by atoms with Crippen LogP contribution in [0.1, 0.15) is 20.3 Å². The second-order valence-electron chi connectivity index (χ2n) is 6.88. The maximum atomic E-state index is 5.24. The van der Waals surface area contributed by atoms with Crippen molar-refractivity contribution in [3.63, 3.8) is 0 Å². The van der Waals surface area contributed by atoms with E-state index in [-0.39, 0.29) is 24.0 Å². The summed E-state index contributed by atoms with van der Waals surface area (Å²) in [5, 5.41) is 3.52. The molecule has 0 saturated carbocycles. The van der Waals surface area contributed by atoms with Crippen molar-refractivity contribution in [2.45, 2.75) is 26.3 Å². The molecule has 1 heterocycles. The van der Waals surface area contributed by atoms with Crippen LogP contribution in [-0.2, 0) is 0 Å². The van der Waals surface area contributed by atoms with Crippen molar-refractivity contribution < 1.29 is 4.74 Å². The van der Waals surface area contributed by atoms with Gasteiger partial charge in [-0.1, -0.05) is 6.92 Å². The van der Waals surface area contributed by atoms with E-state index in [1.807, 2.05) is 19.2 Å². The van der Waals surface area contributed by atoms with Gasteiger partial charge in [0.2, 0.25) is 0 Å². The van der Waals surface area contributed by atoms with Crippen LogP contribution in [0.25, 0.3) is 0 Å². The highest BCUT2D eigenvalue weighted by Crippen LogP contribution is 2.20. The molecule has 0 aromatic heterocycles. The summed E-state index contributed by atoms with van der Waals surface area (Å²) in [5.74, 6) is 1.91. The molecular weight excluding hydrogens is 453 g/mol. The molecule has 154 valence electrons. The number of halogens is 1. The van der Waals surface area contributed by atoms with Crippen LogP contribution in [0.5, 0.6) is 5.75 Å². The highest BCUT2D eigenvalue weighted by atomic mass is 127. The number of piperazine rings is 1. The van der Waals surface area contributed by atoms with Crippen LogP contribution in [0.15, 0.2) is 29.3 Å². The first-order valence-electron chi connectivity index (χ1n) is 9.63. The maximum Gasteiger partial charge on any atom is 0.193 e. The van der Waals surface area contributed by atoms with Gasteiger partial charge in [-0.05, 0) is 44.7 Å². The van der Waals surface area contributed by atoms with Gasteiger partial charge in [0.25, 0.3) is 0 Å². The fraction of sp³-hybridized carbons (Fsp3) is 0.650. The fourth-order valence-corrected chi connectivity index (χ4v) is 3.18.